The molecule has 0 fully saturated rings. The second-order valence-electron chi connectivity index (χ2n) is 2.89. The van der Waals surface area contributed by atoms with Gasteiger partial charge in [-0.05, 0) is 17.7 Å². The number of hydrogen-bond acceptors (Lipinski definition) is 4. The van der Waals surface area contributed by atoms with Crippen LogP contribution in [0.15, 0.2) is 18.2 Å². The topological polar surface area (TPSA) is 61.5 Å². The number of hydrogen-bond donors (Lipinski definition) is 1. The van der Waals surface area contributed by atoms with E-state index in [4.69, 9.17) is 10.5 Å². The molecule has 90 valence electrons. The van der Waals surface area contributed by atoms with E-state index in [1.165, 1.54) is 32.4 Å². The molecule has 0 bridgehead atoms. The molecule has 1 atom stereocenters. The minimum atomic E-state index is -0.926. The Kier molecular flexibility index (Phi) is 5.77. The SMILES string of the molecule is COC(=O)[C@@H](N)c1ccc(F)c(OC)c1.Cl. The third kappa shape index (κ3) is 3.08. The second-order valence-corrected chi connectivity index (χ2v) is 2.89. The van der Waals surface area contributed by atoms with Crippen LogP contribution in [0.25, 0.3) is 0 Å². The fourth-order valence-corrected chi connectivity index (χ4v) is 1.13. The lowest BCUT2D eigenvalue weighted by Crippen LogP contribution is -2.22. The summed E-state index contributed by atoms with van der Waals surface area (Å²) in [4.78, 5) is 11.1. The van der Waals surface area contributed by atoms with E-state index >= 15 is 0 Å². The van der Waals surface area contributed by atoms with E-state index in [0.29, 0.717) is 5.56 Å². The number of benzene rings is 1. The summed E-state index contributed by atoms with van der Waals surface area (Å²) >= 11 is 0. The number of carbonyl (C=O) groups excluding carboxylic acids is 1. The molecule has 16 heavy (non-hydrogen) atoms. The lowest BCUT2D eigenvalue weighted by atomic mass is 10.1. The molecule has 0 amide bonds. The molecule has 0 spiro atoms. The standard InChI is InChI=1S/C10H12FNO3.ClH/c1-14-8-5-6(3-4-7(8)11)9(12)10(13)15-2;/h3-5,9H,12H2,1-2H3;1H/t9-;/m0./s1. The Morgan fingerprint density at radius 1 is 1.44 bits per heavy atom. The number of esters is 1. The van der Waals surface area contributed by atoms with Crippen LogP contribution in [0.4, 0.5) is 4.39 Å². The van der Waals surface area contributed by atoms with Gasteiger partial charge in [0.2, 0.25) is 0 Å². The second kappa shape index (κ2) is 6.30. The zero-order valence-electron chi connectivity index (χ0n) is 8.90. The van der Waals surface area contributed by atoms with Gasteiger partial charge in [0.1, 0.15) is 6.04 Å². The van der Waals surface area contributed by atoms with Gasteiger partial charge in [-0.2, -0.15) is 0 Å². The van der Waals surface area contributed by atoms with Crippen molar-refractivity contribution in [3.05, 3.63) is 29.6 Å². The molecule has 0 radical (unpaired) electrons. The summed E-state index contributed by atoms with van der Waals surface area (Å²) in [5.74, 6) is -1.03. The predicted molar refractivity (Wildman–Crippen MR) is 59.1 cm³/mol. The van der Waals surface area contributed by atoms with Crippen LogP contribution in [0.2, 0.25) is 0 Å². The number of rotatable bonds is 3. The summed E-state index contributed by atoms with van der Waals surface area (Å²) in [5.41, 5.74) is 6.01. The molecule has 1 rings (SSSR count). The normalized spacial score (nSPS) is 11.2. The van der Waals surface area contributed by atoms with Gasteiger partial charge in [-0.15, -0.1) is 12.4 Å². The van der Waals surface area contributed by atoms with Crippen molar-refractivity contribution in [3.63, 3.8) is 0 Å². The summed E-state index contributed by atoms with van der Waals surface area (Å²) < 4.78 is 22.3. The van der Waals surface area contributed by atoms with Crippen molar-refractivity contribution < 1.29 is 18.7 Å². The Balaban J connectivity index is 0.00000225. The molecule has 2 N–H and O–H groups in total. The molecule has 0 heterocycles. The van der Waals surface area contributed by atoms with Gasteiger partial charge in [-0.1, -0.05) is 6.07 Å². The summed E-state index contributed by atoms with van der Waals surface area (Å²) in [6.45, 7) is 0. The first-order valence-corrected chi connectivity index (χ1v) is 4.27. The van der Waals surface area contributed by atoms with Gasteiger partial charge in [-0.3, -0.25) is 4.79 Å². The van der Waals surface area contributed by atoms with E-state index in [2.05, 4.69) is 4.74 Å². The van der Waals surface area contributed by atoms with Crippen molar-refractivity contribution in [2.45, 2.75) is 6.04 Å². The van der Waals surface area contributed by atoms with Crippen LogP contribution in [0, 0.1) is 5.82 Å². The molecule has 4 nitrogen and oxygen atoms in total. The number of halogens is 2. The van der Waals surface area contributed by atoms with E-state index in [1.807, 2.05) is 0 Å². The molecule has 0 saturated heterocycles. The first kappa shape index (κ1) is 14.7. The van der Waals surface area contributed by atoms with Crippen molar-refractivity contribution in [1.29, 1.82) is 0 Å². The molecule has 1 aromatic carbocycles. The fourth-order valence-electron chi connectivity index (χ4n) is 1.13. The predicted octanol–water partition coefficient (Wildman–Crippen LogP) is 1.43. The van der Waals surface area contributed by atoms with Crippen molar-refractivity contribution in [2.24, 2.45) is 5.73 Å². The van der Waals surface area contributed by atoms with Crippen molar-refractivity contribution in [3.8, 4) is 5.75 Å². The van der Waals surface area contributed by atoms with Gasteiger partial charge < -0.3 is 15.2 Å². The van der Waals surface area contributed by atoms with Crippen LogP contribution < -0.4 is 10.5 Å². The zero-order valence-corrected chi connectivity index (χ0v) is 9.71. The van der Waals surface area contributed by atoms with Gasteiger partial charge >= 0.3 is 5.97 Å². The van der Waals surface area contributed by atoms with Crippen LogP contribution in [0.5, 0.6) is 5.75 Å². The summed E-state index contributed by atoms with van der Waals surface area (Å²) in [6, 6.07) is 3.05. The summed E-state index contributed by atoms with van der Waals surface area (Å²) in [6.07, 6.45) is 0. The molecule has 0 aromatic heterocycles. The van der Waals surface area contributed by atoms with Crippen LogP contribution in [0.1, 0.15) is 11.6 Å². The molecule has 0 aliphatic carbocycles. The maximum Gasteiger partial charge on any atom is 0.327 e. The maximum atomic E-state index is 13.0. The molecule has 0 unspecified atom stereocenters. The van der Waals surface area contributed by atoms with Gasteiger partial charge in [0.05, 0.1) is 14.2 Å². The highest BCUT2D eigenvalue weighted by Crippen LogP contribution is 2.21. The minimum absolute atomic E-state index is 0. The first-order valence-electron chi connectivity index (χ1n) is 4.27. The highest BCUT2D eigenvalue weighted by Gasteiger charge is 2.17. The Bertz CT molecular complexity index is 373. The molecule has 0 saturated carbocycles. The third-order valence-electron chi connectivity index (χ3n) is 1.99. The largest absolute Gasteiger partial charge is 0.494 e. The molecule has 1 aromatic rings. The average Bonchev–Trinajstić information content (AvgIpc) is 2.27. The van der Waals surface area contributed by atoms with Crippen molar-refractivity contribution in [1.82, 2.24) is 0 Å². The lowest BCUT2D eigenvalue weighted by Gasteiger charge is -2.11. The number of methoxy groups -OCH3 is 2. The number of carbonyl (C=O) groups is 1. The Morgan fingerprint density at radius 3 is 2.56 bits per heavy atom. The number of ether oxygens (including phenoxy) is 2. The molecule has 6 heteroatoms. The van der Waals surface area contributed by atoms with E-state index < -0.39 is 17.8 Å². The van der Waals surface area contributed by atoms with Gasteiger partial charge in [0.25, 0.3) is 0 Å². The maximum absolute atomic E-state index is 13.0. The monoisotopic (exact) mass is 249 g/mol. The Labute approximate surface area is 98.9 Å². The summed E-state index contributed by atoms with van der Waals surface area (Å²) in [7, 11) is 2.58. The Morgan fingerprint density at radius 2 is 2.06 bits per heavy atom. The van der Waals surface area contributed by atoms with Gasteiger partial charge in [0.15, 0.2) is 11.6 Å². The lowest BCUT2D eigenvalue weighted by molar-refractivity contribution is -0.142. The van der Waals surface area contributed by atoms with E-state index in [1.54, 1.807) is 0 Å². The third-order valence-corrected chi connectivity index (χ3v) is 1.99. The Hall–Kier alpha value is -1.33. The van der Waals surface area contributed by atoms with Crippen LogP contribution in [-0.2, 0) is 9.53 Å². The van der Waals surface area contributed by atoms with Gasteiger partial charge in [-0.25, -0.2) is 4.39 Å². The minimum Gasteiger partial charge on any atom is -0.494 e. The molecule has 0 aliphatic heterocycles. The van der Waals surface area contributed by atoms with Crippen LogP contribution >= 0.6 is 12.4 Å². The van der Waals surface area contributed by atoms with Crippen LogP contribution in [0.3, 0.4) is 0 Å². The zero-order chi connectivity index (χ0) is 11.4. The highest BCUT2D eigenvalue weighted by atomic mass is 35.5. The van der Waals surface area contributed by atoms with E-state index in [-0.39, 0.29) is 18.2 Å². The smallest absolute Gasteiger partial charge is 0.327 e. The summed E-state index contributed by atoms with van der Waals surface area (Å²) in [5, 5.41) is 0. The fraction of sp³-hybridized carbons (Fsp3) is 0.300. The molecular formula is C10H13ClFNO3. The molecular weight excluding hydrogens is 237 g/mol. The first-order chi connectivity index (χ1) is 7.10. The van der Waals surface area contributed by atoms with E-state index in [0.717, 1.165) is 0 Å². The van der Waals surface area contributed by atoms with Crippen molar-refractivity contribution in [2.75, 3.05) is 14.2 Å². The van der Waals surface area contributed by atoms with E-state index in [9.17, 15) is 9.18 Å². The highest BCUT2D eigenvalue weighted by molar-refractivity contribution is 5.85. The quantitative estimate of drug-likeness (QED) is 0.824. The van der Waals surface area contributed by atoms with Gasteiger partial charge in [0, 0.05) is 0 Å². The number of nitrogens with two attached hydrogens (primary N) is 1. The van der Waals surface area contributed by atoms with Crippen molar-refractivity contribution >= 4 is 18.4 Å². The molecule has 0 aliphatic rings. The van der Waals surface area contributed by atoms with Crippen LogP contribution in [-0.4, -0.2) is 20.2 Å². The average molecular weight is 250 g/mol.